The van der Waals surface area contributed by atoms with E-state index in [1.165, 1.54) is 7.11 Å². The van der Waals surface area contributed by atoms with Crippen molar-refractivity contribution >= 4 is 17.6 Å². The molecule has 2 aromatic rings. The highest BCUT2D eigenvalue weighted by molar-refractivity contribution is 6.30. The zero-order valence-electron chi connectivity index (χ0n) is 11.0. The van der Waals surface area contributed by atoms with Crippen LogP contribution in [0.4, 0.5) is 0 Å². The first kappa shape index (κ1) is 14.5. The van der Waals surface area contributed by atoms with E-state index >= 15 is 0 Å². The van der Waals surface area contributed by atoms with Crippen LogP contribution in [0.15, 0.2) is 47.1 Å². The van der Waals surface area contributed by atoms with Gasteiger partial charge in [-0.15, -0.1) is 0 Å². The number of methoxy groups -OCH3 is 1. The topological polar surface area (TPSA) is 48.7 Å². The molecule has 0 aliphatic heterocycles. The van der Waals surface area contributed by atoms with Crippen LogP contribution in [0.25, 0.3) is 0 Å². The zero-order valence-corrected chi connectivity index (χ0v) is 11.8. The molecule has 1 aromatic heterocycles. The van der Waals surface area contributed by atoms with Crippen molar-refractivity contribution in [3.8, 4) is 5.75 Å². The van der Waals surface area contributed by atoms with E-state index in [-0.39, 0.29) is 12.6 Å². The molecule has 20 heavy (non-hydrogen) atoms. The molecule has 0 spiro atoms. The lowest BCUT2D eigenvalue weighted by Crippen LogP contribution is -2.25. The first-order chi connectivity index (χ1) is 9.69. The Labute approximate surface area is 122 Å². The molecule has 4 nitrogen and oxygen atoms in total. The van der Waals surface area contributed by atoms with E-state index in [2.05, 4.69) is 0 Å². The van der Waals surface area contributed by atoms with E-state index < -0.39 is 5.92 Å². The van der Waals surface area contributed by atoms with E-state index in [9.17, 15) is 4.79 Å². The Bertz CT molecular complexity index is 534. The van der Waals surface area contributed by atoms with Gasteiger partial charge in [0.05, 0.1) is 19.3 Å². The Balaban J connectivity index is 1.97. The second-order valence-corrected chi connectivity index (χ2v) is 4.70. The third-order valence-electron chi connectivity index (χ3n) is 2.83. The number of benzene rings is 1. The van der Waals surface area contributed by atoms with E-state index in [0.29, 0.717) is 17.2 Å². The second-order valence-electron chi connectivity index (χ2n) is 4.27. The van der Waals surface area contributed by atoms with Gasteiger partial charge >= 0.3 is 5.97 Å². The van der Waals surface area contributed by atoms with Gasteiger partial charge in [0.15, 0.2) is 0 Å². The summed E-state index contributed by atoms with van der Waals surface area (Å²) in [4.78, 5) is 11.7. The summed E-state index contributed by atoms with van der Waals surface area (Å²) in [5, 5.41) is 0.637. The fraction of sp³-hybridized carbons (Fsp3) is 0.267. The van der Waals surface area contributed by atoms with Gasteiger partial charge in [-0.3, -0.25) is 4.79 Å². The highest BCUT2D eigenvalue weighted by Crippen LogP contribution is 2.18. The number of ether oxygens (including phenoxy) is 2. The summed E-state index contributed by atoms with van der Waals surface area (Å²) in [5.74, 6) is 0.639. The molecule has 0 aliphatic rings. The van der Waals surface area contributed by atoms with Crippen molar-refractivity contribution in [3.05, 3.63) is 53.4 Å². The van der Waals surface area contributed by atoms with Gasteiger partial charge in [0.25, 0.3) is 0 Å². The number of carbonyl (C=O) groups is 1. The first-order valence-electron chi connectivity index (χ1n) is 6.17. The highest BCUT2D eigenvalue weighted by Gasteiger charge is 2.22. The molecule has 0 aliphatic carbocycles. The van der Waals surface area contributed by atoms with Crippen LogP contribution < -0.4 is 4.74 Å². The minimum Gasteiger partial charge on any atom is -0.493 e. The molecule has 0 fully saturated rings. The summed E-state index contributed by atoms with van der Waals surface area (Å²) in [6.45, 7) is 0.217. The maximum absolute atomic E-state index is 11.7. The molecule has 5 heteroatoms. The van der Waals surface area contributed by atoms with E-state index in [4.69, 9.17) is 25.5 Å². The van der Waals surface area contributed by atoms with Crippen LogP contribution in [0, 0.1) is 5.92 Å². The maximum atomic E-state index is 11.7. The van der Waals surface area contributed by atoms with Crippen molar-refractivity contribution in [2.45, 2.75) is 6.42 Å². The molecule has 0 N–H and O–H groups in total. The van der Waals surface area contributed by atoms with E-state index in [1.807, 2.05) is 6.07 Å². The largest absolute Gasteiger partial charge is 0.493 e. The molecular weight excluding hydrogens is 280 g/mol. The standard InChI is InChI=1S/C15H15ClO4/c1-18-15(17)11(9-14-3-2-8-19-14)10-20-13-6-4-12(16)5-7-13/h2-8,11H,9-10H2,1H3. The van der Waals surface area contributed by atoms with Crippen molar-refractivity contribution in [2.24, 2.45) is 5.92 Å². The van der Waals surface area contributed by atoms with Gasteiger partial charge in [-0.05, 0) is 36.4 Å². The molecule has 0 saturated heterocycles. The summed E-state index contributed by atoms with van der Waals surface area (Å²) < 4.78 is 15.6. The molecule has 0 radical (unpaired) electrons. The molecule has 1 heterocycles. The van der Waals surface area contributed by atoms with Crippen LogP contribution in [0.2, 0.25) is 5.02 Å². The number of halogens is 1. The fourth-order valence-corrected chi connectivity index (χ4v) is 1.90. The molecular formula is C15H15ClO4. The van der Waals surface area contributed by atoms with Gasteiger partial charge < -0.3 is 13.9 Å². The normalized spacial score (nSPS) is 11.9. The highest BCUT2D eigenvalue weighted by atomic mass is 35.5. The van der Waals surface area contributed by atoms with Crippen molar-refractivity contribution in [1.82, 2.24) is 0 Å². The van der Waals surface area contributed by atoms with Crippen LogP contribution in [0.5, 0.6) is 5.75 Å². The quantitative estimate of drug-likeness (QED) is 0.767. The van der Waals surface area contributed by atoms with Gasteiger partial charge in [0.2, 0.25) is 0 Å². The van der Waals surface area contributed by atoms with E-state index in [0.717, 1.165) is 5.76 Å². The van der Waals surface area contributed by atoms with Gasteiger partial charge in [-0.2, -0.15) is 0 Å². The lowest BCUT2D eigenvalue weighted by atomic mass is 10.1. The minimum absolute atomic E-state index is 0.217. The van der Waals surface area contributed by atoms with Crippen molar-refractivity contribution in [2.75, 3.05) is 13.7 Å². The van der Waals surface area contributed by atoms with Gasteiger partial charge in [-0.1, -0.05) is 11.6 Å². The summed E-state index contributed by atoms with van der Waals surface area (Å²) in [6.07, 6.45) is 2.01. The summed E-state index contributed by atoms with van der Waals surface area (Å²) in [6, 6.07) is 10.6. The third kappa shape index (κ3) is 4.03. The smallest absolute Gasteiger partial charge is 0.312 e. The number of carbonyl (C=O) groups excluding carboxylic acids is 1. The van der Waals surface area contributed by atoms with Crippen molar-refractivity contribution < 1.29 is 18.7 Å². The molecule has 1 atom stereocenters. The Hall–Kier alpha value is -1.94. The molecule has 0 saturated carbocycles. The average Bonchev–Trinajstić information content (AvgIpc) is 2.97. The Morgan fingerprint density at radius 1 is 1.30 bits per heavy atom. The van der Waals surface area contributed by atoms with Crippen LogP contribution in [-0.2, 0) is 16.0 Å². The Morgan fingerprint density at radius 2 is 2.05 bits per heavy atom. The SMILES string of the molecule is COC(=O)C(COc1ccc(Cl)cc1)Cc1ccco1. The predicted molar refractivity (Wildman–Crippen MR) is 74.9 cm³/mol. The van der Waals surface area contributed by atoms with Crippen LogP contribution in [0.3, 0.4) is 0 Å². The molecule has 0 bridgehead atoms. The Kier molecular flexibility index (Phi) is 5.07. The number of rotatable bonds is 6. The number of hydrogen-bond acceptors (Lipinski definition) is 4. The monoisotopic (exact) mass is 294 g/mol. The molecule has 106 valence electrons. The van der Waals surface area contributed by atoms with Crippen molar-refractivity contribution in [1.29, 1.82) is 0 Å². The average molecular weight is 295 g/mol. The summed E-state index contributed by atoms with van der Waals surface area (Å²) in [5.41, 5.74) is 0. The maximum Gasteiger partial charge on any atom is 0.312 e. The van der Waals surface area contributed by atoms with Gasteiger partial charge in [0, 0.05) is 11.4 Å². The molecule has 0 amide bonds. The van der Waals surface area contributed by atoms with E-state index in [1.54, 1.807) is 36.6 Å². The third-order valence-corrected chi connectivity index (χ3v) is 3.08. The van der Waals surface area contributed by atoms with Crippen molar-refractivity contribution in [3.63, 3.8) is 0 Å². The van der Waals surface area contributed by atoms with Crippen LogP contribution in [-0.4, -0.2) is 19.7 Å². The van der Waals surface area contributed by atoms with Gasteiger partial charge in [0.1, 0.15) is 18.1 Å². The number of esters is 1. The zero-order chi connectivity index (χ0) is 14.4. The fourth-order valence-electron chi connectivity index (χ4n) is 1.78. The predicted octanol–water partition coefficient (Wildman–Crippen LogP) is 3.34. The second kappa shape index (κ2) is 7.01. The molecule has 1 unspecified atom stereocenters. The summed E-state index contributed by atoms with van der Waals surface area (Å²) >= 11 is 5.80. The lowest BCUT2D eigenvalue weighted by Gasteiger charge is -2.14. The Morgan fingerprint density at radius 3 is 2.65 bits per heavy atom. The first-order valence-corrected chi connectivity index (χ1v) is 6.55. The lowest BCUT2D eigenvalue weighted by molar-refractivity contribution is -0.146. The minimum atomic E-state index is -0.415. The molecule has 1 aromatic carbocycles. The molecule has 2 rings (SSSR count). The number of hydrogen-bond donors (Lipinski definition) is 0. The van der Waals surface area contributed by atoms with Crippen LogP contribution in [0.1, 0.15) is 5.76 Å². The number of furan rings is 1. The van der Waals surface area contributed by atoms with Crippen LogP contribution >= 0.6 is 11.6 Å². The van der Waals surface area contributed by atoms with Gasteiger partial charge in [-0.25, -0.2) is 0 Å². The summed E-state index contributed by atoms with van der Waals surface area (Å²) in [7, 11) is 1.36.